The van der Waals surface area contributed by atoms with Gasteiger partial charge < -0.3 is 5.32 Å². The lowest BCUT2D eigenvalue weighted by atomic mass is 10.3. The number of carbonyl (C=O) groups is 1. The molecular formula is C19H18N4OS2. The number of nitrogens with one attached hydrogen (secondary N) is 2. The van der Waals surface area contributed by atoms with E-state index in [2.05, 4.69) is 32.6 Å². The van der Waals surface area contributed by atoms with Crippen molar-refractivity contribution in [2.45, 2.75) is 33.7 Å². The molecule has 3 aromatic rings. The second kappa shape index (κ2) is 7.97. The smallest absolute Gasteiger partial charge is 0.234 e. The highest BCUT2D eigenvalue weighted by atomic mass is 32.2. The molecule has 7 heteroatoms. The maximum atomic E-state index is 12.3. The molecule has 0 spiro atoms. The van der Waals surface area contributed by atoms with E-state index in [0.717, 1.165) is 21.3 Å². The number of anilines is 1. The van der Waals surface area contributed by atoms with Gasteiger partial charge in [-0.3, -0.25) is 9.89 Å². The summed E-state index contributed by atoms with van der Waals surface area (Å²) in [5.41, 5.74) is 0.820. The zero-order valence-corrected chi connectivity index (χ0v) is 15.6. The summed E-state index contributed by atoms with van der Waals surface area (Å²) in [7, 11) is 0. The number of para-hydroxylation sites is 1. The molecule has 2 aromatic carbocycles. The Morgan fingerprint density at radius 3 is 2.69 bits per heavy atom. The molecule has 1 fully saturated rings. The van der Waals surface area contributed by atoms with Crippen LogP contribution >= 0.6 is 23.5 Å². The van der Waals surface area contributed by atoms with Crippen molar-refractivity contribution < 1.29 is 4.79 Å². The number of thioether (sulfide) groups is 1. The number of H-pyrrole nitrogens is 1. The Morgan fingerprint density at radius 2 is 1.88 bits per heavy atom. The summed E-state index contributed by atoms with van der Waals surface area (Å²) in [5, 5.41) is 10.8. The molecule has 1 heterocycles. The number of hydrogen-bond acceptors (Lipinski definition) is 5. The third kappa shape index (κ3) is 4.47. The maximum absolute atomic E-state index is 12.3. The molecule has 1 aliphatic rings. The predicted molar refractivity (Wildman–Crippen MR) is 105 cm³/mol. The number of amides is 1. The Labute approximate surface area is 160 Å². The molecule has 26 heavy (non-hydrogen) atoms. The quantitative estimate of drug-likeness (QED) is 0.586. The monoisotopic (exact) mass is 382 g/mol. The lowest BCUT2D eigenvalue weighted by molar-refractivity contribution is -0.113. The minimum Gasteiger partial charge on any atom is -0.324 e. The van der Waals surface area contributed by atoms with Crippen molar-refractivity contribution in [1.29, 1.82) is 0 Å². The van der Waals surface area contributed by atoms with Gasteiger partial charge in [-0.1, -0.05) is 53.9 Å². The van der Waals surface area contributed by atoms with Gasteiger partial charge in [0.05, 0.1) is 11.4 Å². The van der Waals surface area contributed by atoms with E-state index in [0.29, 0.717) is 11.1 Å². The van der Waals surface area contributed by atoms with E-state index in [1.54, 1.807) is 11.8 Å². The fourth-order valence-corrected chi connectivity index (χ4v) is 3.98. The molecule has 0 saturated heterocycles. The van der Waals surface area contributed by atoms with Crippen LogP contribution in [0.5, 0.6) is 0 Å². The number of aromatic amines is 1. The van der Waals surface area contributed by atoms with Crippen molar-refractivity contribution in [2.75, 3.05) is 11.1 Å². The van der Waals surface area contributed by atoms with Crippen LogP contribution in [0.25, 0.3) is 0 Å². The first-order valence-corrected chi connectivity index (χ1v) is 10.2. The molecule has 5 nitrogen and oxygen atoms in total. The minimum atomic E-state index is -0.0612. The van der Waals surface area contributed by atoms with Gasteiger partial charge in [-0.05, 0) is 37.1 Å². The molecule has 1 aromatic heterocycles. The van der Waals surface area contributed by atoms with Crippen molar-refractivity contribution >= 4 is 35.1 Å². The zero-order valence-electron chi connectivity index (χ0n) is 14.0. The summed E-state index contributed by atoms with van der Waals surface area (Å²) < 4.78 is 0. The summed E-state index contributed by atoms with van der Waals surface area (Å²) in [6.45, 7) is 0. The highest BCUT2D eigenvalue weighted by Gasteiger charge is 2.27. The van der Waals surface area contributed by atoms with Crippen molar-refractivity contribution in [2.24, 2.45) is 0 Å². The zero-order chi connectivity index (χ0) is 17.8. The average molecular weight is 383 g/mol. The fourth-order valence-electron chi connectivity index (χ4n) is 2.45. The molecule has 0 bridgehead atoms. The van der Waals surface area contributed by atoms with E-state index >= 15 is 0 Å². The third-order valence-corrected chi connectivity index (χ3v) is 5.84. The molecule has 0 radical (unpaired) electrons. The van der Waals surface area contributed by atoms with Crippen LogP contribution in [0.4, 0.5) is 5.69 Å². The third-order valence-electron chi connectivity index (χ3n) is 3.91. The Bertz CT molecular complexity index is 893. The van der Waals surface area contributed by atoms with Crippen LogP contribution < -0.4 is 5.32 Å². The number of benzene rings is 2. The molecule has 2 N–H and O–H groups in total. The van der Waals surface area contributed by atoms with Gasteiger partial charge in [0.2, 0.25) is 11.1 Å². The molecular weight excluding hydrogens is 364 g/mol. The lowest BCUT2D eigenvalue weighted by Gasteiger charge is -2.10. The van der Waals surface area contributed by atoms with E-state index in [4.69, 9.17) is 0 Å². The standard InChI is InChI=1S/C19H18N4OS2/c24-17(12-25-19-21-18(22-23-19)13-10-11-13)20-15-8-4-5-9-16(15)26-14-6-2-1-3-7-14/h1-9,13H,10-12H2,(H,20,24)(H,21,22,23). The van der Waals surface area contributed by atoms with E-state index in [1.807, 2.05) is 42.5 Å². The number of aromatic nitrogens is 3. The second-order valence-corrected chi connectivity index (χ2v) is 8.08. The van der Waals surface area contributed by atoms with Crippen LogP contribution in [-0.2, 0) is 4.79 Å². The minimum absolute atomic E-state index is 0.0612. The summed E-state index contributed by atoms with van der Waals surface area (Å²) in [6, 6.07) is 18.0. The number of carbonyl (C=O) groups excluding carboxylic acids is 1. The molecule has 0 unspecified atom stereocenters. The largest absolute Gasteiger partial charge is 0.324 e. The number of hydrogen-bond donors (Lipinski definition) is 2. The van der Waals surface area contributed by atoms with E-state index in [9.17, 15) is 4.79 Å². The SMILES string of the molecule is O=C(CSc1n[nH]c(C2CC2)n1)Nc1ccccc1Sc1ccccc1. The van der Waals surface area contributed by atoms with E-state index in [-0.39, 0.29) is 11.7 Å². The Morgan fingerprint density at radius 1 is 1.12 bits per heavy atom. The van der Waals surface area contributed by atoms with Crippen LogP contribution in [0, 0.1) is 0 Å². The van der Waals surface area contributed by atoms with Crippen LogP contribution in [0.1, 0.15) is 24.6 Å². The van der Waals surface area contributed by atoms with Gasteiger partial charge in [0.15, 0.2) is 0 Å². The molecule has 0 aliphatic heterocycles. The van der Waals surface area contributed by atoms with Crippen molar-refractivity contribution in [1.82, 2.24) is 15.2 Å². The van der Waals surface area contributed by atoms with Gasteiger partial charge in [-0.2, -0.15) is 0 Å². The maximum Gasteiger partial charge on any atom is 0.234 e. The van der Waals surface area contributed by atoms with Gasteiger partial charge in [-0.15, -0.1) is 5.10 Å². The van der Waals surface area contributed by atoms with Crippen LogP contribution in [0.3, 0.4) is 0 Å². The highest BCUT2D eigenvalue weighted by Crippen LogP contribution is 2.38. The molecule has 0 atom stereocenters. The average Bonchev–Trinajstić information content (AvgIpc) is 3.41. The first kappa shape index (κ1) is 17.2. The summed E-state index contributed by atoms with van der Waals surface area (Å²) in [5.74, 6) is 1.70. The Hall–Kier alpha value is -2.25. The summed E-state index contributed by atoms with van der Waals surface area (Å²) >= 11 is 2.98. The topological polar surface area (TPSA) is 70.7 Å². The van der Waals surface area contributed by atoms with Crippen molar-refractivity contribution in [3.8, 4) is 0 Å². The molecule has 1 amide bonds. The van der Waals surface area contributed by atoms with Crippen LogP contribution in [0.2, 0.25) is 0 Å². The van der Waals surface area contributed by atoms with E-state index in [1.165, 1.54) is 24.6 Å². The summed E-state index contributed by atoms with van der Waals surface area (Å²) in [6.07, 6.45) is 2.35. The van der Waals surface area contributed by atoms with Crippen molar-refractivity contribution in [3.05, 3.63) is 60.4 Å². The highest BCUT2D eigenvalue weighted by molar-refractivity contribution is 8.00. The van der Waals surface area contributed by atoms with E-state index < -0.39 is 0 Å². The first-order chi connectivity index (χ1) is 12.8. The van der Waals surface area contributed by atoms with Gasteiger partial charge in [-0.25, -0.2) is 4.98 Å². The van der Waals surface area contributed by atoms with Gasteiger partial charge in [0.1, 0.15) is 5.82 Å². The van der Waals surface area contributed by atoms with Gasteiger partial charge in [0, 0.05) is 15.7 Å². The predicted octanol–water partition coefficient (Wildman–Crippen LogP) is 4.56. The molecule has 132 valence electrons. The molecule has 1 aliphatic carbocycles. The first-order valence-electron chi connectivity index (χ1n) is 8.45. The van der Waals surface area contributed by atoms with Crippen molar-refractivity contribution in [3.63, 3.8) is 0 Å². The van der Waals surface area contributed by atoms with Crippen LogP contribution in [0.15, 0.2) is 69.5 Å². The number of nitrogens with zero attached hydrogens (tertiary/aromatic N) is 2. The molecule has 1 saturated carbocycles. The second-order valence-electron chi connectivity index (χ2n) is 6.03. The summed E-state index contributed by atoms with van der Waals surface area (Å²) in [4.78, 5) is 18.9. The normalized spacial score (nSPS) is 13.5. The molecule has 4 rings (SSSR count). The van der Waals surface area contributed by atoms with Crippen LogP contribution in [-0.4, -0.2) is 26.8 Å². The fraction of sp³-hybridized carbons (Fsp3) is 0.211. The Balaban J connectivity index is 1.36. The number of rotatable bonds is 7. The van der Waals surface area contributed by atoms with Gasteiger partial charge >= 0.3 is 0 Å². The Kier molecular flexibility index (Phi) is 5.26. The van der Waals surface area contributed by atoms with Gasteiger partial charge in [0.25, 0.3) is 0 Å². The lowest BCUT2D eigenvalue weighted by Crippen LogP contribution is -2.14.